The van der Waals surface area contributed by atoms with E-state index in [4.69, 9.17) is 0 Å². The van der Waals surface area contributed by atoms with Crippen molar-refractivity contribution in [2.75, 3.05) is 28.6 Å². The summed E-state index contributed by atoms with van der Waals surface area (Å²) in [5.74, 6) is 0.117. The topological polar surface area (TPSA) is 116 Å². The molecule has 29 heavy (non-hydrogen) atoms. The van der Waals surface area contributed by atoms with Crippen LogP contribution in [-0.2, 0) is 0 Å². The number of pyridine rings is 2. The van der Waals surface area contributed by atoms with Gasteiger partial charge in [0, 0.05) is 25.5 Å². The van der Waals surface area contributed by atoms with Crippen molar-refractivity contribution < 1.29 is 9.59 Å². The monoisotopic (exact) mass is 391 g/mol. The lowest BCUT2D eigenvalue weighted by molar-refractivity contribution is 0.102. The summed E-state index contributed by atoms with van der Waals surface area (Å²) in [6.45, 7) is 3.86. The van der Waals surface area contributed by atoms with Crippen LogP contribution in [0.4, 0.5) is 17.2 Å². The maximum Gasteiger partial charge on any atom is 0.275 e. The van der Waals surface area contributed by atoms with Crippen LogP contribution in [0, 0.1) is 6.92 Å². The minimum Gasteiger partial charge on any atom is -0.357 e. The summed E-state index contributed by atoms with van der Waals surface area (Å²) >= 11 is 0. The van der Waals surface area contributed by atoms with Crippen LogP contribution in [0.5, 0.6) is 0 Å². The lowest BCUT2D eigenvalue weighted by Crippen LogP contribution is -2.20. The van der Waals surface area contributed by atoms with E-state index >= 15 is 0 Å². The number of anilines is 3. The third-order valence-electron chi connectivity index (χ3n) is 4.69. The van der Waals surface area contributed by atoms with Crippen LogP contribution >= 0.6 is 0 Å². The first-order valence-electron chi connectivity index (χ1n) is 9.39. The molecule has 4 rings (SSSR count). The summed E-state index contributed by atoms with van der Waals surface area (Å²) in [6.07, 6.45) is 8.50. The summed E-state index contributed by atoms with van der Waals surface area (Å²) in [5, 5.41) is 12.0. The molecule has 2 amide bonds. The highest BCUT2D eigenvalue weighted by molar-refractivity contribution is 6.11. The number of nitrogens with zero attached hydrogens (tertiary/aromatic N) is 4. The molecule has 0 bridgehead atoms. The average molecular weight is 391 g/mol. The van der Waals surface area contributed by atoms with Crippen LogP contribution in [0.3, 0.4) is 0 Å². The fraction of sp³-hybridized carbons (Fsp3) is 0.250. The Morgan fingerprint density at radius 1 is 1.03 bits per heavy atom. The van der Waals surface area contributed by atoms with Gasteiger partial charge in [-0.1, -0.05) is 0 Å². The molecule has 1 aliphatic heterocycles. The molecular weight excluding hydrogens is 370 g/mol. The van der Waals surface area contributed by atoms with Crippen LogP contribution < -0.4 is 15.5 Å². The maximum absolute atomic E-state index is 12.6. The normalized spacial score (nSPS) is 13.3. The molecule has 0 aliphatic carbocycles. The van der Waals surface area contributed by atoms with E-state index in [0.29, 0.717) is 11.3 Å². The van der Waals surface area contributed by atoms with Crippen molar-refractivity contribution in [2.24, 2.45) is 0 Å². The smallest absolute Gasteiger partial charge is 0.275 e. The van der Waals surface area contributed by atoms with Gasteiger partial charge in [-0.2, -0.15) is 5.10 Å². The van der Waals surface area contributed by atoms with Crippen LogP contribution in [-0.4, -0.2) is 45.1 Å². The van der Waals surface area contributed by atoms with E-state index in [0.717, 1.165) is 24.5 Å². The second-order valence-electron chi connectivity index (χ2n) is 6.92. The molecule has 9 nitrogen and oxygen atoms in total. The minimum atomic E-state index is -0.420. The predicted molar refractivity (Wildman–Crippen MR) is 109 cm³/mol. The van der Waals surface area contributed by atoms with Crippen molar-refractivity contribution in [3.8, 4) is 0 Å². The fourth-order valence-electron chi connectivity index (χ4n) is 3.21. The lowest BCUT2D eigenvalue weighted by atomic mass is 10.2. The molecule has 3 aromatic rings. The van der Waals surface area contributed by atoms with E-state index in [1.54, 1.807) is 18.5 Å². The molecule has 1 aliphatic rings. The van der Waals surface area contributed by atoms with Crippen molar-refractivity contribution >= 4 is 29.0 Å². The first-order chi connectivity index (χ1) is 14.1. The average Bonchev–Trinajstić information content (AvgIpc) is 3.41. The van der Waals surface area contributed by atoms with Gasteiger partial charge in [0.2, 0.25) is 0 Å². The standard InChI is InChI=1S/C20H21N7O2/c1-13-8-14(10-21-9-13)19(28)25-16-12-23-26-18(16)20(29)24-15-4-5-17(22-11-15)27-6-2-3-7-27/h4-5,8-12H,2-3,6-7H2,1H3,(H,23,26)(H,24,29)(H,25,28). The number of amides is 2. The van der Waals surface area contributed by atoms with Gasteiger partial charge < -0.3 is 15.5 Å². The van der Waals surface area contributed by atoms with Gasteiger partial charge in [0.1, 0.15) is 11.5 Å². The van der Waals surface area contributed by atoms with Gasteiger partial charge in [-0.25, -0.2) is 4.98 Å². The SMILES string of the molecule is Cc1cncc(C(=O)Nc2cn[nH]c2C(=O)Nc2ccc(N3CCCC3)nc2)c1. The summed E-state index contributed by atoms with van der Waals surface area (Å²) in [6, 6.07) is 5.42. The molecule has 0 spiro atoms. The summed E-state index contributed by atoms with van der Waals surface area (Å²) < 4.78 is 0. The third-order valence-corrected chi connectivity index (χ3v) is 4.69. The first kappa shape index (κ1) is 18.6. The molecule has 3 N–H and O–H groups in total. The van der Waals surface area contributed by atoms with Crippen molar-refractivity contribution in [3.05, 3.63) is 59.8 Å². The molecule has 148 valence electrons. The number of rotatable bonds is 5. The van der Waals surface area contributed by atoms with Crippen LogP contribution in [0.15, 0.2) is 43.0 Å². The fourth-order valence-corrected chi connectivity index (χ4v) is 3.21. The summed E-state index contributed by atoms with van der Waals surface area (Å²) in [7, 11) is 0. The van der Waals surface area contributed by atoms with Gasteiger partial charge in [-0.05, 0) is 43.5 Å². The maximum atomic E-state index is 12.6. The highest BCUT2D eigenvalue weighted by Gasteiger charge is 2.18. The van der Waals surface area contributed by atoms with Crippen molar-refractivity contribution in [2.45, 2.75) is 19.8 Å². The van der Waals surface area contributed by atoms with Gasteiger partial charge in [-0.15, -0.1) is 0 Å². The van der Waals surface area contributed by atoms with Crippen molar-refractivity contribution in [1.29, 1.82) is 0 Å². The number of carbonyl (C=O) groups excluding carboxylic acids is 2. The highest BCUT2D eigenvalue weighted by atomic mass is 16.2. The zero-order valence-corrected chi connectivity index (χ0v) is 16.0. The number of H-pyrrole nitrogens is 1. The zero-order chi connectivity index (χ0) is 20.2. The Morgan fingerprint density at radius 3 is 2.59 bits per heavy atom. The van der Waals surface area contributed by atoms with Gasteiger partial charge in [0.25, 0.3) is 11.8 Å². The molecule has 3 aromatic heterocycles. The molecule has 9 heteroatoms. The number of carbonyl (C=O) groups is 2. The largest absolute Gasteiger partial charge is 0.357 e. The predicted octanol–water partition coefficient (Wildman–Crippen LogP) is 2.61. The number of aryl methyl sites for hydroxylation is 1. The van der Waals surface area contributed by atoms with E-state index in [-0.39, 0.29) is 17.3 Å². The van der Waals surface area contributed by atoms with Crippen molar-refractivity contribution in [1.82, 2.24) is 20.2 Å². The summed E-state index contributed by atoms with van der Waals surface area (Å²) in [5.41, 5.74) is 2.28. The van der Waals surface area contributed by atoms with Gasteiger partial charge >= 0.3 is 0 Å². The number of hydrogen-bond donors (Lipinski definition) is 3. The Kier molecular flexibility index (Phi) is 5.19. The second kappa shape index (κ2) is 8.09. The Balaban J connectivity index is 1.43. The quantitative estimate of drug-likeness (QED) is 0.616. The number of aromatic amines is 1. The lowest BCUT2D eigenvalue weighted by Gasteiger charge is -2.16. The van der Waals surface area contributed by atoms with Gasteiger partial charge in [0.15, 0.2) is 0 Å². The van der Waals surface area contributed by atoms with Gasteiger partial charge in [-0.3, -0.25) is 19.7 Å². The van der Waals surface area contributed by atoms with E-state index < -0.39 is 5.91 Å². The molecule has 0 unspecified atom stereocenters. The number of nitrogens with one attached hydrogen (secondary N) is 3. The molecule has 1 saturated heterocycles. The number of hydrogen-bond acceptors (Lipinski definition) is 6. The van der Waals surface area contributed by atoms with E-state index in [1.165, 1.54) is 25.2 Å². The van der Waals surface area contributed by atoms with Gasteiger partial charge in [0.05, 0.1) is 29.3 Å². The molecule has 0 radical (unpaired) electrons. The Morgan fingerprint density at radius 2 is 1.86 bits per heavy atom. The first-order valence-corrected chi connectivity index (χ1v) is 9.39. The van der Waals surface area contributed by atoms with E-state index in [9.17, 15) is 9.59 Å². The summed E-state index contributed by atoms with van der Waals surface area (Å²) in [4.78, 5) is 35.7. The van der Waals surface area contributed by atoms with E-state index in [1.807, 2.05) is 19.1 Å². The molecule has 1 fully saturated rings. The molecular formula is C20H21N7O2. The highest BCUT2D eigenvalue weighted by Crippen LogP contribution is 2.20. The van der Waals surface area contributed by atoms with E-state index in [2.05, 4.69) is 35.7 Å². The molecule has 4 heterocycles. The molecule has 0 saturated carbocycles. The Bertz CT molecular complexity index is 1020. The third kappa shape index (κ3) is 4.23. The second-order valence-corrected chi connectivity index (χ2v) is 6.92. The molecule has 0 aromatic carbocycles. The Hall–Kier alpha value is -3.75. The molecule has 0 atom stereocenters. The van der Waals surface area contributed by atoms with Crippen LogP contribution in [0.25, 0.3) is 0 Å². The number of aromatic nitrogens is 4. The van der Waals surface area contributed by atoms with Crippen molar-refractivity contribution in [3.63, 3.8) is 0 Å². The zero-order valence-electron chi connectivity index (χ0n) is 16.0. The van der Waals surface area contributed by atoms with Crippen LogP contribution in [0.2, 0.25) is 0 Å². The minimum absolute atomic E-state index is 0.155. The Labute approximate surface area is 167 Å². The van der Waals surface area contributed by atoms with Crippen LogP contribution in [0.1, 0.15) is 39.3 Å².